The van der Waals surface area contributed by atoms with Gasteiger partial charge in [0.25, 0.3) is 0 Å². The minimum atomic E-state index is 0.254. The fourth-order valence-electron chi connectivity index (χ4n) is 5.48. The summed E-state index contributed by atoms with van der Waals surface area (Å²) in [5, 5.41) is 5.39. The molecule has 1 aromatic rings. The van der Waals surface area contributed by atoms with Crippen molar-refractivity contribution in [1.82, 2.24) is 4.90 Å². The predicted molar refractivity (Wildman–Crippen MR) is 101 cm³/mol. The molecule has 2 nitrogen and oxygen atoms in total. The SMILES string of the molecule is CN(C(=S)Nc1cc(Cl)ccc1Cl)C12CC3CC(CC(C3)C1)C2. The van der Waals surface area contributed by atoms with Crippen LogP contribution in [0.5, 0.6) is 0 Å². The summed E-state index contributed by atoms with van der Waals surface area (Å²) < 4.78 is 0. The molecule has 0 atom stereocenters. The van der Waals surface area contributed by atoms with Crippen LogP contribution >= 0.6 is 35.4 Å². The van der Waals surface area contributed by atoms with Crippen molar-refractivity contribution in [3.8, 4) is 0 Å². The van der Waals surface area contributed by atoms with Crippen LogP contribution in [0.3, 0.4) is 0 Å². The van der Waals surface area contributed by atoms with E-state index in [2.05, 4.69) is 17.3 Å². The highest BCUT2D eigenvalue weighted by Crippen LogP contribution is 2.57. The summed E-state index contributed by atoms with van der Waals surface area (Å²) in [7, 11) is 2.15. The molecule has 4 aliphatic rings. The summed E-state index contributed by atoms with van der Waals surface area (Å²) in [6.45, 7) is 0. The van der Waals surface area contributed by atoms with Crippen molar-refractivity contribution in [1.29, 1.82) is 0 Å². The maximum absolute atomic E-state index is 6.26. The monoisotopic (exact) mass is 368 g/mol. The van der Waals surface area contributed by atoms with Gasteiger partial charge in [-0.25, -0.2) is 0 Å². The number of halogens is 2. The summed E-state index contributed by atoms with van der Waals surface area (Å²) in [5.74, 6) is 2.71. The van der Waals surface area contributed by atoms with E-state index < -0.39 is 0 Å². The third kappa shape index (κ3) is 2.85. The van der Waals surface area contributed by atoms with Gasteiger partial charge in [-0.1, -0.05) is 23.2 Å². The molecule has 0 saturated heterocycles. The van der Waals surface area contributed by atoms with E-state index in [1.807, 2.05) is 6.07 Å². The lowest BCUT2D eigenvalue weighted by Crippen LogP contribution is -2.60. The first-order valence-electron chi connectivity index (χ1n) is 8.45. The molecule has 5 rings (SSSR count). The van der Waals surface area contributed by atoms with Crippen LogP contribution in [0.15, 0.2) is 18.2 Å². The van der Waals surface area contributed by atoms with Gasteiger partial charge in [-0.2, -0.15) is 0 Å². The van der Waals surface area contributed by atoms with Crippen LogP contribution in [0.1, 0.15) is 38.5 Å². The first-order valence-corrected chi connectivity index (χ1v) is 9.61. The number of nitrogens with one attached hydrogen (secondary N) is 1. The first kappa shape index (κ1) is 16.0. The Morgan fingerprint density at radius 1 is 1.13 bits per heavy atom. The molecule has 0 aromatic heterocycles. The number of nitrogens with zero attached hydrogens (tertiary/aromatic N) is 1. The Labute approximate surface area is 153 Å². The van der Waals surface area contributed by atoms with Gasteiger partial charge >= 0.3 is 0 Å². The van der Waals surface area contributed by atoms with Crippen LogP contribution < -0.4 is 5.32 Å². The molecule has 23 heavy (non-hydrogen) atoms. The van der Waals surface area contributed by atoms with Crippen LogP contribution in [0.2, 0.25) is 10.0 Å². The summed E-state index contributed by atoms with van der Waals surface area (Å²) in [6, 6.07) is 5.43. The fourth-order valence-corrected chi connectivity index (χ4v) is 6.12. The van der Waals surface area contributed by atoms with E-state index in [4.69, 9.17) is 35.4 Å². The van der Waals surface area contributed by atoms with E-state index in [0.717, 1.165) is 28.6 Å². The average Bonchev–Trinajstić information content (AvgIpc) is 2.48. The third-order valence-electron chi connectivity index (χ3n) is 6.19. The van der Waals surface area contributed by atoms with Gasteiger partial charge in [-0.3, -0.25) is 0 Å². The second-order valence-electron chi connectivity index (χ2n) is 7.76. The quantitative estimate of drug-likeness (QED) is 0.684. The van der Waals surface area contributed by atoms with E-state index in [1.54, 1.807) is 12.1 Å². The van der Waals surface area contributed by atoms with Crippen LogP contribution in [-0.4, -0.2) is 22.6 Å². The highest BCUT2D eigenvalue weighted by atomic mass is 35.5. The van der Waals surface area contributed by atoms with Crippen LogP contribution in [-0.2, 0) is 0 Å². The van der Waals surface area contributed by atoms with Crippen molar-refractivity contribution in [2.45, 2.75) is 44.1 Å². The Bertz CT molecular complexity index is 611. The number of thiocarbonyl (C=S) groups is 1. The molecule has 0 amide bonds. The minimum absolute atomic E-state index is 0.254. The molecule has 0 aliphatic heterocycles. The van der Waals surface area contributed by atoms with Crippen LogP contribution in [0.25, 0.3) is 0 Å². The molecule has 1 N–H and O–H groups in total. The molecule has 0 spiro atoms. The van der Waals surface area contributed by atoms with Gasteiger partial charge < -0.3 is 10.2 Å². The van der Waals surface area contributed by atoms with Gasteiger partial charge in [-0.05, 0) is 86.7 Å². The largest absolute Gasteiger partial charge is 0.346 e. The predicted octanol–water partition coefficient (Wildman–Crippen LogP) is 5.59. The lowest BCUT2D eigenvalue weighted by molar-refractivity contribution is -0.0538. The fraction of sp³-hybridized carbons (Fsp3) is 0.611. The Hall–Kier alpha value is -0.510. The molecule has 124 valence electrons. The zero-order chi connectivity index (χ0) is 16.2. The van der Waals surface area contributed by atoms with Gasteiger partial charge in [-0.15, -0.1) is 0 Å². The topological polar surface area (TPSA) is 15.3 Å². The van der Waals surface area contributed by atoms with E-state index >= 15 is 0 Å². The van der Waals surface area contributed by atoms with Gasteiger partial charge in [0, 0.05) is 17.6 Å². The van der Waals surface area contributed by atoms with Crippen molar-refractivity contribution in [2.24, 2.45) is 17.8 Å². The average molecular weight is 369 g/mol. The minimum Gasteiger partial charge on any atom is -0.346 e. The molecular weight excluding hydrogens is 347 g/mol. The van der Waals surface area contributed by atoms with E-state index in [-0.39, 0.29) is 5.54 Å². The molecule has 4 aliphatic carbocycles. The summed E-state index contributed by atoms with van der Waals surface area (Å²) >= 11 is 18.1. The number of anilines is 1. The van der Waals surface area contributed by atoms with Crippen LogP contribution in [0, 0.1) is 17.8 Å². The number of hydrogen-bond acceptors (Lipinski definition) is 1. The molecular formula is C18H22Cl2N2S. The standard InChI is InChI=1S/C18H22Cl2N2S/c1-22(17(23)21-16-7-14(19)2-3-15(16)20)18-8-11-4-12(9-18)6-13(5-11)10-18/h2-3,7,11-13H,4-6,8-10H2,1H3,(H,21,23). The van der Waals surface area contributed by atoms with Gasteiger partial charge in [0.1, 0.15) is 0 Å². The molecule has 4 saturated carbocycles. The molecule has 0 unspecified atom stereocenters. The van der Waals surface area contributed by atoms with Gasteiger partial charge in [0.15, 0.2) is 5.11 Å². The van der Waals surface area contributed by atoms with Gasteiger partial charge in [0.2, 0.25) is 0 Å². The second-order valence-corrected chi connectivity index (χ2v) is 8.99. The van der Waals surface area contributed by atoms with Crippen LogP contribution in [0.4, 0.5) is 5.69 Å². The zero-order valence-electron chi connectivity index (χ0n) is 13.3. The number of benzene rings is 1. The number of rotatable bonds is 2. The summed E-state index contributed by atoms with van der Waals surface area (Å²) in [6.07, 6.45) is 8.19. The lowest BCUT2D eigenvalue weighted by atomic mass is 9.52. The number of hydrogen-bond donors (Lipinski definition) is 1. The molecule has 4 bridgehead atoms. The van der Waals surface area contributed by atoms with E-state index in [0.29, 0.717) is 10.0 Å². The summed E-state index contributed by atoms with van der Waals surface area (Å²) in [4.78, 5) is 2.32. The molecule has 0 heterocycles. The Kier molecular flexibility index (Phi) is 4.02. The Morgan fingerprint density at radius 2 is 1.70 bits per heavy atom. The first-order chi connectivity index (χ1) is 10.9. The normalized spacial score (nSPS) is 34.5. The summed E-state index contributed by atoms with van der Waals surface area (Å²) in [5.41, 5.74) is 1.05. The second kappa shape index (κ2) is 5.79. The molecule has 5 heteroatoms. The Balaban J connectivity index is 1.53. The van der Waals surface area contributed by atoms with E-state index in [1.165, 1.54) is 38.5 Å². The van der Waals surface area contributed by atoms with Crippen molar-refractivity contribution in [3.05, 3.63) is 28.2 Å². The Morgan fingerprint density at radius 3 is 2.26 bits per heavy atom. The lowest BCUT2D eigenvalue weighted by Gasteiger charge is -2.60. The zero-order valence-corrected chi connectivity index (χ0v) is 15.6. The molecule has 0 radical (unpaired) electrons. The third-order valence-corrected chi connectivity index (χ3v) is 7.13. The molecule has 1 aromatic carbocycles. The maximum Gasteiger partial charge on any atom is 0.173 e. The van der Waals surface area contributed by atoms with Crippen molar-refractivity contribution < 1.29 is 0 Å². The maximum atomic E-state index is 6.26. The van der Waals surface area contributed by atoms with E-state index in [9.17, 15) is 0 Å². The van der Waals surface area contributed by atoms with Gasteiger partial charge in [0.05, 0.1) is 10.7 Å². The smallest absolute Gasteiger partial charge is 0.173 e. The van der Waals surface area contributed by atoms with Crippen molar-refractivity contribution in [2.75, 3.05) is 12.4 Å². The highest BCUT2D eigenvalue weighted by Gasteiger charge is 2.53. The van der Waals surface area contributed by atoms with Crippen molar-refractivity contribution in [3.63, 3.8) is 0 Å². The van der Waals surface area contributed by atoms with Crippen molar-refractivity contribution >= 4 is 46.2 Å². The molecule has 4 fully saturated rings. The highest BCUT2D eigenvalue weighted by molar-refractivity contribution is 7.80.